The third-order valence-corrected chi connectivity index (χ3v) is 4.71. The van der Waals surface area contributed by atoms with Gasteiger partial charge in [0, 0.05) is 23.6 Å². The average Bonchev–Trinajstić information content (AvgIpc) is 2.65. The molecule has 1 aromatic rings. The summed E-state index contributed by atoms with van der Waals surface area (Å²) in [7, 11) is 0. The van der Waals surface area contributed by atoms with Crippen molar-refractivity contribution in [3.63, 3.8) is 0 Å². The van der Waals surface area contributed by atoms with Gasteiger partial charge in [0.25, 0.3) is 0 Å². The summed E-state index contributed by atoms with van der Waals surface area (Å²) in [5.74, 6) is 0.653. The monoisotopic (exact) mass is 316 g/mol. The number of benzene rings is 1. The number of halogens is 2. The van der Waals surface area contributed by atoms with Crippen molar-refractivity contribution < 1.29 is 0 Å². The molecule has 0 radical (unpaired) electrons. The Labute approximate surface area is 116 Å². The minimum atomic E-state index is 0.623. The van der Waals surface area contributed by atoms with E-state index in [9.17, 15) is 0 Å². The summed E-state index contributed by atoms with van der Waals surface area (Å²) in [5.41, 5.74) is 7.04. The van der Waals surface area contributed by atoms with Crippen LogP contribution in [0, 0.1) is 5.92 Å². The van der Waals surface area contributed by atoms with Crippen LogP contribution in [0.3, 0.4) is 0 Å². The Morgan fingerprint density at radius 1 is 1.53 bits per heavy atom. The number of hydrogen-bond donors (Lipinski definition) is 1. The Bertz CT molecular complexity index is 397. The number of rotatable bonds is 3. The minimum Gasteiger partial charge on any atom is -0.330 e. The SMILES string of the molecule is CC1CC(CN)CN1Cc1ccc(Cl)c(Br)c1. The molecule has 2 nitrogen and oxygen atoms in total. The Morgan fingerprint density at radius 2 is 2.29 bits per heavy atom. The summed E-state index contributed by atoms with van der Waals surface area (Å²) in [6.07, 6.45) is 1.21. The summed E-state index contributed by atoms with van der Waals surface area (Å²) in [5, 5.41) is 0.767. The second-order valence-electron chi connectivity index (χ2n) is 4.86. The predicted octanol–water partition coefficient (Wildman–Crippen LogP) is 3.27. The van der Waals surface area contributed by atoms with E-state index in [1.807, 2.05) is 6.07 Å². The molecule has 1 aromatic carbocycles. The lowest BCUT2D eigenvalue weighted by Gasteiger charge is -2.21. The highest BCUT2D eigenvalue weighted by molar-refractivity contribution is 9.10. The second kappa shape index (κ2) is 5.70. The van der Waals surface area contributed by atoms with Gasteiger partial charge in [-0.1, -0.05) is 17.7 Å². The van der Waals surface area contributed by atoms with Crippen LogP contribution in [0.4, 0.5) is 0 Å². The van der Waals surface area contributed by atoms with Crippen molar-refractivity contribution in [2.45, 2.75) is 25.9 Å². The maximum Gasteiger partial charge on any atom is 0.0548 e. The van der Waals surface area contributed by atoms with Gasteiger partial charge in [0.2, 0.25) is 0 Å². The molecule has 0 spiro atoms. The Balaban J connectivity index is 2.03. The summed E-state index contributed by atoms with van der Waals surface area (Å²) in [6.45, 7) is 5.16. The lowest BCUT2D eigenvalue weighted by atomic mass is 10.1. The topological polar surface area (TPSA) is 29.3 Å². The third-order valence-electron chi connectivity index (χ3n) is 3.49. The lowest BCUT2D eigenvalue weighted by molar-refractivity contribution is 0.256. The van der Waals surface area contributed by atoms with E-state index in [0.717, 1.165) is 29.1 Å². The quantitative estimate of drug-likeness (QED) is 0.927. The van der Waals surface area contributed by atoms with Crippen LogP contribution in [0.2, 0.25) is 5.02 Å². The van der Waals surface area contributed by atoms with Crippen LogP contribution >= 0.6 is 27.5 Å². The highest BCUT2D eigenvalue weighted by atomic mass is 79.9. The fourth-order valence-corrected chi connectivity index (χ4v) is 3.02. The largest absolute Gasteiger partial charge is 0.330 e. The van der Waals surface area contributed by atoms with E-state index in [-0.39, 0.29) is 0 Å². The van der Waals surface area contributed by atoms with Crippen molar-refractivity contribution in [1.82, 2.24) is 4.90 Å². The molecule has 0 bridgehead atoms. The molecule has 0 amide bonds. The van der Waals surface area contributed by atoms with E-state index in [1.165, 1.54) is 12.0 Å². The molecule has 2 unspecified atom stereocenters. The van der Waals surface area contributed by atoms with E-state index < -0.39 is 0 Å². The standard InChI is InChI=1S/C13H18BrClN2/c1-9-4-11(6-16)8-17(9)7-10-2-3-13(15)12(14)5-10/h2-3,5,9,11H,4,6-8,16H2,1H3. The molecule has 2 rings (SSSR count). The van der Waals surface area contributed by atoms with E-state index in [2.05, 4.69) is 39.9 Å². The van der Waals surface area contributed by atoms with Crippen LogP contribution < -0.4 is 5.73 Å². The predicted molar refractivity (Wildman–Crippen MR) is 76.2 cm³/mol. The number of hydrogen-bond acceptors (Lipinski definition) is 2. The third kappa shape index (κ3) is 3.22. The van der Waals surface area contributed by atoms with Crippen molar-refractivity contribution in [1.29, 1.82) is 0 Å². The summed E-state index contributed by atoms with van der Waals surface area (Å²) in [6, 6.07) is 6.76. The fourth-order valence-electron chi connectivity index (χ4n) is 2.48. The Kier molecular flexibility index (Phi) is 4.47. The van der Waals surface area contributed by atoms with Crippen LogP contribution in [0.5, 0.6) is 0 Å². The van der Waals surface area contributed by atoms with Crippen LogP contribution in [0.15, 0.2) is 22.7 Å². The van der Waals surface area contributed by atoms with Gasteiger partial charge in [0.05, 0.1) is 5.02 Å². The zero-order valence-electron chi connectivity index (χ0n) is 10.00. The van der Waals surface area contributed by atoms with E-state index in [4.69, 9.17) is 17.3 Å². The van der Waals surface area contributed by atoms with Gasteiger partial charge in [0.15, 0.2) is 0 Å². The van der Waals surface area contributed by atoms with Crippen molar-refractivity contribution in [3.05, 3.63) is 33.3 Å². The number of nitrogens with two attached hydrogens (primary N) is 1. The minimum absolute atomic E-state index is 0.623. The molecule has 17 heavy (non-hydrogen) atoms. The molecule has 1 fully saturated rings. The average molecular weight is 318 g/mol. The first-order valence-corrected chi connectivity index (χ1v) is 7.15. The van der Waals surface area contributed by atoms with Crippen molar-refractivity contribution in [2.75, 3.05) is 13.1 Å². The molecule has 0 aliphatic carbocycles. The van der Waals surface area contributed by atoms with E-state index >= 15 is 0 Å². The first kappa shape index (κ1) is 13.3. The molecule has 0 aromatic heterocycles. The van der Waals surface area contributed by atoms with Crippen LogP contribution in [0.25, 0.3) is 0 Å². The van der Waals surface area contributed by atoms with E-state index in [0.29, 0.717) is 12.0 Å². The Hall–Kier alpha value is -0.0900. The van der Waals surface area contributed by atoms with Crippen molar-refractivity contribution >= 4 is 27.5 Å². The van der Waals surface area contributed by atoms with Gasteiger partial charge in [-0.15, -0.1) is 0 Å². The molecule has 1 heterocycles. The molecule has 0 saturated carbocycles. The molecular formula is C13H18BrClN2. The van der Waals surface area contributed by atoms with Crippen LogP contribution in [0.1, 0.15) is 18.9 Å². The first-order valence-electron chi connectivity index (χ1n) is 5.98. The first-order chi connectivity index (χ1) is 8.10. The van der Waals surface area contributed by atoms with Crippen LogP contribution in [-0.4, -0.2) is 24.0 Å². The van der Waals surface area contributed by atoms with Gasteiger partial charge in [-0.05, 0) is 59.4 Å². The maximum absolute atomic E-state index is 5.99. The van der Waals surface area contributed by atoms with Crippen molar-refractivity contribution in [2.24, 2.45) is 11.7 Å². The van der Waals surface area contributed by atoms with Gasteiger partial charge < -0.3 is 5.73 Å². The highest BCUT2D eigenvalue weighted by Gasteiger charge is 2.27. The van der Waals surface area contributed by atoms with Gasteiger partial charge in [0.1, 0.15) is 0 Å². The second-order valence-corrected chi connectivity index (χ2v) is 6.13. The molecule has 4 heteroatoms. The zero-order chi connectivity index (χ0) is 12.4. The van der Waals surface area contributed by atoms with Gasteiger partial charge >= 0.3 is 0 Å². The van der Waals surface area contributed by atoms with Crippen molar-refractivity contribution in [3.8, 4) is 0 Å². The summed E-state index contributed by atoms with van der Waals surface area (Å²) in [4.78, 5) is 2.49. The molecular weight excluding hydrogens is 300 g/mol. The molecule has 1 aliphatic heterocycles. The number of nitrogens with zero attached hydrogens (tertiary/aromatic N) is 1. The molecule has 94 valence electrons. The zero-order valence-corrected chi connectivity index (χ0v) is 12.3. The molecule has 2 atom stereocenters. The maximum atomic E-state index is 5.99. The highest BCUT2D eigenvalue weighted by Crippen LogP contribution is 2.27. The van der Waals surface area contributed by atoms with Gasteiger partial charge in [-0.25, -0.2) is 0 Å². The van der Waals surface area contributed by atoms with Gasteiger partial charge in [-0.3, -0.25) is 4.90 Å². The fraction of sp³-hybridized carbons (Fsp3) is 0.538. The molecule has 1 saturated heterocycles. The smallest absolute Gasteiger partial charge is 0.0548 e. The van der Waals surface area contributed by atoms with Crippen LogP contribution in [-0.2, 0) is 6.54 Å². The molecule has 1 aliphatic rings. The lowest BCUT2D eigenvalue weighted by Crippen LogP contribution is -2.27. The number of likely N-dealkylation sites (tertiary alicyclic amines) is 1. The van der Waals surface area contributed by atoms with Gasteiger partial charge in [-0.2, -0.15) is 0 Å². The van der Waals surface area contributed by atoms with E-state index in [1.54, 1.807) is 0 Å². The normalized spacial score (nSPS) is 25.4. The summed E-state index contributed by atoms with van der Waals surface area (Å²) >= 11 is 9.46. The molecule has 2 N–H and O–H groups in total. The Morgan fingerprint density at radius 3 is 2.88 bits per heavy atom. The summed E-state index contributed by atoms with van der Waals surface area (Å²) < 4.78 is 0.971.